The molecule has 10 heteroatoms. The van der Waals surface area contributed by atoms with Gasteiger partial charge in [0.2, 0.25) is 11.6 Å². The molecular formula is C19H17FN6O3. The van der Waals surface area contributed by atoms with E-state index in [2.05, 4.69) is 26.1 Å². The van der Waals surface area contributed by atoms with Gasteiger partial charge in [0.25, 0.3) is 5.91 Å². The van der Waals surface area contributed by atoms with Crippen molar-refractivity contribution in [1.82, 2.24) is 15.4 Å². The number of hydrazine groups is 1. The van der Waals surface area contributed by atoms with Crippen LogP contribution in [0.4, 0.5) is 27.4 Å². The highest BCUT2D eigenvalue weighted by molar-refractivity contribution is 5.95. The first kappa shape index (κ1) is 19.7. The topological polar surface area (TPSA) is 122 Å². The quantitative estimate of drug-likeness (QED) is 0.429. The lowest BCUT2D eigenvalue weighted by Crippen LogP contribution is -2.31. The Bertz CT molecular complexity index is 1090. The summed E-state index contributed by atoms with van der Waals surface area (Å²) in [6.07, 6.45) is 1.11. The lowest BCUT2D eigenvalue weighted by molar-refractivity contribution is -0.383. The average molecular weight is 396 g/mol. The maximum Gasteiger partial charge on any atom is 0.355 e. The number of nitrogens with zero attached hydrogens (tertiary/aromatic N) is 3. The Kier molecular flexibility index (Phi) is 5.63. The molecule has 0 saturated heterocycles. The number of carbonyl (C=O) groups excluding carboxylic acids is 1. The first-order valence-corrected chi connectivity index (χ1v) is 8.52. The van der Waals surface area contributed by atoms with Gasteiger partial charge in [-0.2, -0.15) is 0 Å². The van der Waals surface area contributed by atoms with Gasteiger partial charge in [-0.3, -0.25) is 25.8 Å². The summed E-state index contributed by atoms with van der Waals surface area (Å²) in [5, 5.41) is 14.6. The SMILES string of the molecule is Cc1cccc(Nc2ncnc(NNC(=O)c3ccccc3F)c2[N+](=O)[O-])c1C. The number of hydrogen-bond donors (Lipinski definition) is 3. The minimum Gasteiger partial charge on any atom is -0.334 e. The van der Waals surface area contributed by atoms with Crippen LogP contribution >= 0.6 is 0 Å². The molecule has 1 amide bonds. The minimum atomic E-state index is -0.806. The van der Waals surface area contributed by atoms with Crippen LogP contribution in [0.5, 0.6) is 0 Å². The van der Waals surface area contributed by atoms with Crippen LogP contribution in [0.3, 0.4) is 0 Å². The molecule has 0 unspecified atom stereocenters. The fraction of sp³-hybridized carbons (Fsp3) is 0.105. The van der Waals surface area contributed by atoms with Gasteiger partial charge in [-0.15, -0.1) is 0 Å². The van der Waals surface area contributed by atoms with E-state index in [-0.39, 0.29) is 17.2 Å². The normalized spacial score (nSPS) is 10.3. The number of hydrogen-bond acceptors (Lipinski definition) is 7. The number of carbonyl (C=O) groups is 1. The molecule has 0 bridgehead atoms. The second kappa shape index (κ2) is 8.30. The van der Waals surface area contributed by atoms with Crippen molar-refractivity contribution in [2.45, 2.75) is 13.8 Å². The zero-order chi connectivity index (χ0) is 21.0. The number of aromatic nitrogens is 2. The van der Waals surface area contributed by atoms with Gasteiger partial charge in [-0.05, 0) is 43.2 Å². The smallest absolute Gasteiger partial charge is 0.334 e. The standard InChI is InChI=1S/C19H17FN6O3/c1-11-6-5-9-15(12(11)2)23-17-16(26(28)29)18(22-10-21-17)24-25-19(27)13-7-3-4-8-14(13)20/h3-10H,1-2H3,(H,25,27)(H2,21,22,23,24). The highest BCUT2D eigenvalue weighted by Gasteiger charge is 2.24. The zero-order valence-corrected chi connectivity index (χ0v) is 15.6. The second-order valence-corrected chi connectivity index (χ2v) is 6.11. The molecule has 29 heavy (non-hydrogen) atoms. The molecule has 2 aromatic carbocycles. The molecule has 0 spiro atoms. The van der Waals surface area contributed by atoms with Gasteiger partial charge in [0.1, 0.15) is 12.1 Å². The first-order chi connectivity index (χ1) is 13.9. The summed E-state index contributed by atoms with van der Waals surface area (Å²) in [5.41, 5.74) is 6.45. The number of anilines is 3. The Morgan fingerprint density at radius 3 is 2.52 bits per heavy atom. The predicted octanol–water partition coefficient (Wildman–Crippen LogP) is 3.64. The Balaban J connectivity index is 1.87. The van der Waals surface area contributed by atoms with Crippen LogP contribution in [-0.4, -0.2) is 20.8 Å². The Morgan fingerprint density at radius 1 is 1.07 bits per heavy atom. The van der Waals surface area contributed by atoms with Crippen LogP contribution < -0.4 is 16.2 Å². The lowest BCUT2D eigenvalue weighted by atomic mass is 10.1. The minimum absolute atomic E-state index is 0.0543. The van der Waals surface area contributed by atoms with Crippen molar-refractivity contribution in [3.8, 4) is 0 Å². The number of halogens is 1. The van der Waals surface area contributed by atoms with Gasteiger partial charge in [0.15, 0.2) is 0 Å². The maximum atomic E-state index is 13.7. The van der Waals surface area contributed by atoms with E-state index in [9.17, 15) is 19.3 Å². The molecule has 0 fully saturated rings. The molecule has 0 atom stereocenters. The molecule has 3 N–H and O–H groups in total. The van der Waals surface area contributed by atoms with Crippen molar-refractivity contribution < 1.29 is 14.1 Å². The first-order valence-electron chi connectivity index (χ1n) is 8.52. The molecule has 148 valence electrons. The van der Waals surface area contributed by atoms with Gasteiger partial charge in [-0.1, -0.05) is 24.3 Å². The monoisotopic (exact) mass is 396 g/mol. The average Bonchev–Trinajstić information content (AvgIpc) is 2.70. The Hall–Kier alpha value is -4.08. The van der Waals surface area contributed by atoms with E-state index in [1.54, 1.807) is 6.07 Å². The third-order valence-corrected chi connectivity index (χ3v) is 4.28. The fourth-order valence-corrected chi connectivity index (χ4v) is 2.58. The van der Waals surface area contributed by atoms with Crippen molar-refractivity contribution in [1.29, 1.82) is 0 Å². The van der Waals surface area contributed by atoms with Crippen LogP contribution in [0.1, 0.15) is 21.5 Å². The zero-order valence-electron chi connectivity index (χ0n) is 15.6. The molecule has 1 heterocycles. The summed E-state index contributed by atoms with van der Waals surface area (Å²) in [5.74, 6) is -1.83. The van der Waals surface area contributed by atoms with E-state index in [0.29, 0.717) is 5.69 Å². The van der Waals surface area contributed by atoms with Crippen molar-refractivity contribution in [2.24, 2.45) is 0 Å². The van der Waals surface area contributed by atoms with E-state index in [4.69, 9.17) is 0 Å². The number of amides is 1. The van der Waals surface area contributed by atoms with Crippen LogP contribution in [0.2, 0.25) is 0 Å². The van der Waals surface area contributed by atoms with Crippen LogP contribution in [0.25, 0.3) is 0 Å². The van der Waals surface area contributed by atoms with E-state index < -0.39 is 22.3 Å². The molecule has 0 aliphatic heterocycles. The van der Waals surface area contributed by atoms with Crippen LogP contribution in [-0.2, 0) is 0 Å². The van der Waals surface area contributed by atoms with E-state index >= 15 is 0 Å². The third kappa shape index (κ3) is 4.26. The second-order valence-electron chi connectivity index (χ2n) is 6.11. The van der Waals surface area contributed by atoms with Gasteiger partial charge in [0, 0.05) is 5.69 Å². The Labute approximate surface area is 165 Å². The molecule has 3 rings (SSSR count). The molecule has 9 nitrogen and oxygen atoms in total. The van der Waals surface area contributed by atoms with E-state index in [1.165, 1.54) is 18.2 Å². The number of aryl methyl sites for hydroxylation is 1. The summed E-state index contributed by atoms with van der Waals surface area (Å²) in [6.45, 7) is 3.79. The maximum absolute atomic E-state index is 13.7. The van der Waals surface area contributed by atoms with Crippen LogP contribution in [0.15, 0.2) is 48.8 Å². The summed E-state index contributed by atoms with van der Waals surface area (Å²) >= 11 is 0. The highest BCUT2D eigenvalue weighted by atomic mass is 19.1. The largest absolute Gasteiger partial charge is 0.355 e. The number of nitrogens with one attached hydrogen (secondary N) is 3. The summed E-state index contributed by atoms with van der Waals surface area (Å²) < 4.78 is 13.7. The molecular weight excluding hydrogens is 379 g/mol. The van der Waals surface area contributed by atoms with Crippen molar-refractivity contribution in [3.63, 3.8) is 0 Å². The fourth-order valence-electron chi connectivity index (χ4n) is 2.58. The molecule has 0 radical (unpaired) electrons. The Morgan fingerprint density at radius 2 is 1.79 bits per heavy atom. The van der Waals surface area contributed by atoms with Gasteiger partial charge in [-0.25, -0.2) is 14.4 Å². The van der Waals surface area contributed by atoms with Gasteiger partial charge >= 0.3 is 5.69 Å². The lowest BCUT2D eigenvalue weighted by Gasteiger charge is -2.13. The highest BCUT2D eigenvalue weighted by Crippen LogP contribution is 2.32. The van der Waals surface area contributed by atoms with E-state index in [0.717, 1.165) is 23.5 Å². The van der Waals surface area contributed by atoms with Crippen molar-refractivity contribution >= 4 is 28.9 Å². The predicted molar refractivity (Wildman–Crippen MR) is 105 cm³/mol. The third-order valence-electron chi connectivity index (χ3n) is 4.28. The van der Waals surface area contributed by atoms with Gasteiger partial charge in [0.05, 0.1) is 10.5 Å². The number of rotatable bonds is 6. The number of nitro groups is 1. The molecule has 0 aliphatic carbocycles. The van der Waals surface area contributed by atoms with Gasteiger partial charge < -0.3 is 5.32 Å². The van der Waals surface area contributed by atoms with Crippen LogP contribution in [0, 0.1) is 29.8 Å². The number of benzene rings is 2. The molecule has 0 saturated carbocycles. The van der Waals surface area contributed by atoms with Crippen molar-refractivity contribution in [3.05, 3.63) is 81.4 Å². The molecule has 3 aromatic rings. The molecule has 1 aromatic heterocycles. The van der Waals surface area contributed by atoms with E-state index in [1.807, 2.05) is 26.0 Å². The summed E-state index contributed by atoms with van der Waals surface area (Å²) in [4.78, 5) is 30.9. The van der Waals surface area contributed by atoms with Crippen molar-refractivity contribution in [2.75, 3.05) is 10.7 Å². The summed E-state index contributed by atoms with van der Waals surface area (Å²) in [6, 6.07) is 10.9. The summed E-state index contributed by atoms with van der Waals surface area (Å²) in [7, 11) is 0. The molecule has 0 aliphatic rings.